The zero-order valence-electron chi connectivity index (χ0n) is 15.6. The highest BCUT2D eigenvalue weighted by Gasteiger charge is 2.31. The molecule has 0 saturated carbocycles. The zero-order chi connectivity index (χ0) is 17.6. The van der Waals surface area contributed by atoms with Crippen molar-refractivity contribution in [2.45, 2.75) is 38.3 Å². The van der Waals surface area contributed by atoms with Crippen LogP contribution in [0.25, 0.3) is 0 Å². The molecule has 5 nitrogen and oxygen atoms in total. The standard InChI is InChI=1S/C20H31N3O2/c1-21(19-10-14-23(25-2)15-11-19)20(24)18-8-12-22(13-9-18)16-17-6-4-3-5-7-17/h3-7,18-19H,8-16H2,1-2H3. The fraction of sp³-hybridized carbons (Fsp3) is 0.650. The summed E-state index contributed by atoms with van der Waals surface area (Å²) < 4.78 is 0. The van der Waals surface area contributed by atoms with Gasteiger partial charge in [-0.3, -0.25) is 9.69 Å². The van der Waals surface area contributed by atoms with Crippen LogP contribution in [0.2, 0.25) is 0 Å². The predicted octanol–water partition coefficient (Wildman–Crippen LogP) is 2.38. The van der Waals surface area contributed by atoms with Crippen LogP contribution < -0.4 is 0 Å². The summed E-state index contributed by atoms with van der Waals surface area (Å²) in [6.07, 6.45) is 3.96. The van der Waals surface area contributed by atoms with Gasteiger partial charge in [-0.1, -0.05) is 30.3 Å². The number of hydroxylamine groups is 2. The van der Waals surface area contributed by atoms with E-state index in [-0.39, 0.29) is 5.92 Å². The largest absolute Gasteiger partial charge is 0.342 e. The number of piperidine rings is 2. The number of likely N-dealkylation sites (tertiary alicyclic amines) is 1. The van der Waals surface area contributed by atoms with Crippen LogP contribution in [0, 0.1) is 5.92 Å². The molecule has 1 amide bonds. The number of hydrogen-bond donors (Lipinski definition) is 0. The molecule has 2 fully saturated rings. The highest BCUT2D eigenvalue weighted by molar-refractivity contribution is 5.79. The quantitative estimate of drug-likeness (QED) is 0.821. The molecule has 0 bridgehead atoms. The molecule has 2 aliphatic rings. The number of hydrogen-bond acceptors (Lipinski definition) is 4. The second kappa shape index (κ2) is 8.79. The third-order valence-electron chi connectivity index (χ3n) is 5.76. The van der Waals surface area contributed by atoms with E-state index in [1.54, 1.807) is 7.11 Å². The van der Waals surface area contributed by atoms with Crippen LogP contribution in [-0.2, 0) is 16.2 Å². The number of amides is 1. The average molecular weight is 345 g/mol. The van der Waals surface area contributed by atoms with Crippen molar-refractivity contribution >= 4 is 5.91 Å². The van der Waals surface area contributed by atoms with Gasteiger partial charge in [0.15, 0.2) is 0 Å². The number of rotatable bonds is 5. The van der Waals surface area contributed by atoms with Gasteiger partial charge in [0.1, 0.15) is 0 Å². The van der Waals surface area contributed by atoms with Gasteiger partial charge >= 0.3 is 0 Å². The van der Waals surface area contributed by atoms with Crippen LogP contribution in [0.4, 0.5) is 0 Å². The van der Waals surface area contributed by atoms with Gasteiger partial charge in [-0.25, -0.2) is 0 Å². The molecule has 2 heterocycles. The van der Waals surface area contributed by atoms with Crippen LogP contribution in [0.15, 0.2) is 30.3 Å². The minimum absolute atomic E-state index is 0.192. The molecule has 0 N–H and O–H groups in total. The Kier molecular flexibility index (Phi) is 6.45. The van der Waals surface area contributed by atoms with Crippen LogP contribution in [0.3, 0.4) is 0 Å². The normalized spacial score (nSPS) is 21.4. The minimum atomic E-state index is 0.192. The first-order chi connectivity index (χ1) is 12.2. The van der Waals surface area contributed by atoms with E-state index < -0.39 is 0 Å². The van der Waals surface area contributed by atoms with Crippen molar-refractivity contribution < 1.29 is 9.63 Å². The van der Waals surface area contributed by atoms with Crippen LogP contribution in [0.1, 0.15) is 31.2 Å². The number of benzene rings is 1. The Balaban J connectivity index is 1.45. The lowest BCUT2D eigenvalue weighted by Gasteiger charge is -2.38. The Bertz CT molecular complexity index is 535. The minimum Gasteiger partial charge on any atom is -0.342 e. The van der Waals surface area contributed by atoms with Gasteiger partial charge in [-0.2, -0.15) is 5.06 Å². The average Bonchev–Trinajstić information content (AvgIpc) is 2.68. The molecule has 1 aromatic carbocycles. The highest BCUT2D eigenvalue weighted by Crippen LogP contribution is 2.24. The fourth-order valence-corrected chi connectivity index (χ4v) is 4.06. The van der Waals surface area contributed by atoms with E-state index in [1.165, 1.54) is 5.56 Å². The lowest BCUT2D eigenvalue weighted by molar-refractivity contribution is -0.156. The lowest BCUT2D eigenvalue weighted by Crippen LogP contribution is -2.48. The molecule has 138 valence electrons. The number of nitrogens with zero attached hydrogens (tertiary/aromatic N) is 3. The summed E-state index contributed by atoms with van der Waals surface area (Å²) in [4.78, 5) is 22.6. The summed E-state index contributed by atoms with van der Waals surface area (Å²) in [7, 11) is 3.71. The van der Waals surface area contributed by atoms with E-state index in [4.69, 9.17) is 4.84 Å². The van der Waals surface area contributed by atoms with Crippen molar-refractivity contribution in [2.75, 3.05) is 40.3 Å². The van der Waals surface area contributed by atoms with E-state index >= 15 is 0 Å². The van der Waals surface area contributed by atoms with E-state index in [2.05, 4.69) is 35.2 Å². The third kappa shape index (κ3) is 4.81. The molecule has 2 aliphatic heterocycles. The smallest absolute Gasteiger partial charge is 0.225 e. The second-order valence-corrected chi connectivity index (χ2v) is 7.33. The monoisotopic (exact) mass is 345 g/mol. The first kappa shape index (κ1) is 18.4. The number of carbonyl (C=O) groups excluding carboxylic acids is 1. The summed E-state index contributed by atoms with van der Waals surface area (Å²) in [5, 5.41) is 1.98. The molecule has 0 aromatic heterocycles. The zero-order valence-corrected chi connectivity index (χ0v) is 15.6. The summed E-state index contributed by atoms with van der Waals surface area (Å²) in [5.41, 5.74) is 1.36. The molecule has 0 aliphatic carbocycles. The molecule has 25 heavy (non-hydrogen) atoms. The Morgan fingerprint density at radius 3 is 2.32 bits per heavy atom. The molecule has 1 aromatic rings. The first-order valence-corrected chi connectivity index (χ1v) is 9.49. The topological polar surface area (TPSA) is 36.0 Å². The first-order valence-electron chi connectivity index (χ1n) is 9.49. The summed E-state index contributed by atoms with van der Waals surface area (Å²) in [5.74, 6) is 0.535. The van der Waals surface area contributed by atoms with Crippen molar-refractivity contribution in [3.8, 4) is 0 Å². The van der Waals surface area contributed by atoms with Gasteiger partial charge in [0.2, 0.25) is 5.91 Å². The molecule has 5 heteroatoms. The van der Waals surface area contributed by atoms with Crippen molar-refractivity contribution in [2.24, 2.45) is 5.92 Å². The Morgan fingerprint density at radius 2 is 1.72 bits per heavy atom. The maximum atomic E-state index is 12.9. The lowest BCUT2D eigenvalue weighted by atomic mass is 9.93. The van der Waals surface area contributed by atoms with Crippen LogP contribution in [0.5, 0.6) is 0 Å². The molecule has 2 saturated heterocycles. The van der Waals surface area contributed by atoms with E-state index in [0.717, 1.165) is 58.4 Å². The summed E-state index contributed by atoms with van der Waals surface area (Å²) >= 11 is 0. The van der Waals surface area contributed by atoms with Gasteiger partial charge in [-0.15, -0.1) is 0 Å². The number of carbonyl (C=O) groups is 1. The van der Waals surface area contributed by atoms with Gasteiger partial charge in [0.05, 0.1) is 7.11 Å². The molecule has 0 radical (unpaired) electrons. The van der Waals surface area contributed by atoms with E-state index in [0.29, 0.717) is 11.9 Å². The van der Waals surface area contributed by atoms with Crippen molar-refractivity contribution in [1.82, 2.24) is 14.9 Å². The summed E-state index contributed by atoms with van der Waals surface area (Å²) in [6.45, 7) is 4.85. The highest BCUT2D eigenvalue weighted by atomic mass is 16.7. The van der Waals surface area contributed by atoms with Crippen LogP contribution in [-0.4, -0.2) is 67.1 Å². The SMILES string of the molecule is CON1CCC(N(C)C(=O)C2CCN(Cc3ccccc3)CC2)CC1. The molecule has 3 rings (SSSR count). The van der Waals surface area contributed by atoms with Crippen molar-refractivity contribution in [1.29, 1.82) is 0 Å². The Morgan fingerprint density at radius 1 is 1.08 bits per heavy atom. The van der Waals surface area contributed by atoms with Gasteiger partial charge in [0.25, 0.3) is 0 Å². The molecule has 0 unspecified atom stereocenters. The van der Waals surface area contributed by atoms with E-state index in [1.807, 2.05) is 17.0 Å². The molecular weight excluding hydrogens is 314 g/mol. The Hall–Kier alpha value is -1.43. The second-order valence-electron chi connectivity index (χ2n) is 7.33. The molecule has 0 spiro atoms. The molecular formula is C20H31N3O2. The fourth-order valence-electron chi connectivity index (χ4n) is 4.06. The predicted molar refractivity (Wildman–Crippen MR) is 98.8 cm³/mol. The maximum absolute atomic E-state index is 12.9. The van der Waals surface area contributed by atoms with Gasteiger partial charge in [-0.05, 0) is 44.3 Å². The van der Waals surface area contributed by atoms with Gasteiger partial charge < -0.3 is 9.74 Å². The van der Waals surface area contributed by atoms with E-state index in [9.17, 15) is 4.79 Å². The van der Waals surface area contributed by atoms with Gasteiger partial charge in [0, 0.05) is 38.6 Å². The maximum Gasteiger partial charge on any atom is 0.225 e. The summed E-state index contributed by atoms with van der Waals surface area (Å²) in [6, 6.07) is 11.0. The molecule has 0 atom stereocenters. The Labute approximate surface area is 151 Å². The third-order valence-corrected chi connectivity index (χ3v) is 5.76. The van der Waals surface area contributed by atoms with Crippen molar-refractivity contribution in [3.63, 3.8) is 0 Å². The van der Waals surface area contributed by atoms with Crippen molar-refractivity contribution in [3.05, 3.63) is 35.9 Å². The van der Waals surface area contributed by atoms with Crippen LogP contribution >= 0.6 is 0 Å².